The molecule has 0 atom stereocenters. The fourth-order valence-corrected chi connectivity index (χ4v) is 1.81. The monoisotopic (exact) mass is 284 g/mol. The molecule has 0 fully saturated rings. The molecule has 0 aliphatic carbocycles. The maximum Gasteiger partial charge on any atom is 0.239 e. The quantitative estimate of drug-likeness (QED) is 0.733. The van der Waals surface area contributed by atoms with Crippen molar-refractivity contribution in [1.82, 2.24) is 5.32 Å². The molecule has 0 spiro atoms. The highest BCUT2D eigenvalue weighted by molar-refractivity contribution is 5.80. The van der Waals surface area contributed by atoms with E-state index in [0.717, 1.165) is 17.9 Å². The first-order valence-corrected chi connectivity index (χ1v) is 7.08. The van der Waals surface area contributed by atoms with Crippen LogP contribution in [0.3, 0.4) is 0 Å². The van der Waals surface area contributed by atoms with E-state index in [0.29, 0.717) is 13.2 Å². The molecule has 0 radical (unpaired) electrons. The highest BCUT2D eigenvalue weighted by atomic mass is 16.5. The number of para-hydroxylation sites is 2. The van der Waals surface area contributed by atoms with Crippen LogP contribution in [0, 0.1) is 0 Å². The van der Waals surface area contributed by atoms with E-state index in [9.17, 15) is 4.79 Å². The second-order valence-corrected chi connectivity index (χ2v) is 4.58. The van der Waals surface area contributed by atoms with Crippen LogP contribution >= 0.6 is 0 Å². The summed E-state index contributed by atoms with van der Waals surface area (Å²) in [6.07, 6.45) is 0.784. The van der Waals surface area contributed by atoms with E-state index in [1.54, 1.807) is 0 Å². The predicted molar refractivity (Wildman–Crippen MR) is 84.5 cm³/mol. The minimum absolute atomic E-state index is 0.0152. The number of hydrogen-bond acceptors (Lipinski definition) is 3. The lowest BCUT2D eigenvalue weighted by Crippen LogP contribution is -2.31. The highest BCUT2D eigenvalue weighted by Crippen LogP contribution is 2.08. The van der Waals surface area contributed by atoms with E-state index < -0.39 is 0 Å². The molecule has 2 N–H and O–H groups in total. The third-order valence-electron chi connectivity index (χ3n) is 2.88. The second kappa shape index (κ2) is 8.64. The fourth-order valence-electron chi connectivity index (χ4n) is 1.81. The Morgan fingerprint density at radius 2 is 1.62 bits per heavy atom. The number of anilines is 1. The van der Waals surface area contributed by atoms with Gasteiger partial charge in [0.15, 0.2) is 0 Å². The summed E-state index contributed by atoms with van der Waals surface area (Å²) >= 11 is 0. The topological polar surface area (TPSA) is 50.4 Å². The number of ether oxygens (including phenoxy) is 1. The van der Waals surface area contributed by atoms with Gasteiger partial charge in [-0.3, -0.25) is 4.79 Å². The number of nitrogens with one attached hydrogen (secondary N) is 2. The van der Waals surface area contributed by atoms with Gasteiger partial charge in [-0.2, -0.15) is 0 Å². The normalized spacial score (nSPS) is 9.90. The molecule has 0 aromatic heterocycles. The van der Waals surface area contributed by atoms with Gasteiger partial charge in [0.2, 0.25) is 5.91 Å². The first kappa shape index (κ1) is 14.9. The molecule has 110 valence electrons. The standard InChI is InChI=1S/C17H20N2O2/c20-17(14-19-15-8-3-1-4-9-15)18-12-7-13-21-16-10-5-2-6-11-16/h1-6,8-11,19H,7,12-14H2,(H,18,20). The summed E-state index contributed by atoms with van der Waals surface area (Å²) in [5.41, 5.74) is 0.945. The number of rotatable bonds is 8. The lowest BCUT2D eigenvalue weighted by atomic mass is 10.3. The molecular weight excluding hydrogens is 264 g/mol. The van der Waals surface area contributed by atoms with E-state index in [1.807, 2.05) is 60.7 Å². The maximum atomic E-state index is 11.6. The molecule has 2 aromatic carbocycles. The van der Waals surface area contributed by atoms with Gasteiger partial charge < -0.3 is 15.4 Å². The second-order valence-electron chi connectivity index (χ2n) is 4.58. The number of amides is 1. The molecule has 0 unspecified atom stereocenters. The molecule has 0 saturated carbocycles. The third kappa shape index (κ3) is 5.99. The Bertz CT molecular complexity index is 529. The van der Waals surface area contributed by atoms with Crippen molar-refractivity contribution in [2.45, 2.75) is 6.42 Å². The Hall–Kier alpha value is -2.49. The molecule has 21 heavy (non-hydrogen) atoms. The number of carbonyl (C=O) groups is 1. The van der Waals surface area contributed by atoms with Crippen molar-refractivity contribution in [3.05, 3.63) is 60.7 Å². The van der Waals surface area contributed by atoms with Crippen molar-refractivity contribution in [3.8, 4) is 5.75 Å². The Morgan fingerprint density at radius 3 is 2.33 bits per heavy atom. The first-order valence-electron chi connectivity index (χ1n) is 7.08. The van der Waals surface area contributed by atoms with Crippen LogP contribution in [0.25, 0.3) is 0 Å². The van der Waals surface area contributed by atoms with Crippen LogP contribution in [0.1, 0.15) is 6.42 Å². The van der Waals surface area contributed by atoms with Crippen molar-refractivity contribution < 1.29 is 9.53 Å². The number of hydrogen-bond donors (Lipinski definition) is 2. The Balaban J connectivity index is 1.53. The average Bonchev–Trinajstić information content (AvgIpc) is 2.54. The smallest absolute Gasteiger partial charge is 0.239 e. The number of benzene rings is 2. The molecule has 0 aliphatic rings. The van der Waals surface area contributed by atoms with E-state index in [2.05, 4.69) is 10.6 Å². The molecule has 1 amide bonds. The van der Waals surface area contributed by atoms with Gasteiger partial charge in [0.05, 0.1) is 13.2 Å². The Labute approximate surface area is 125 Å². The SMILES string of the molecule is O=C(CNc1ccccc1)NCCCOc1ccccc1. The summed E-state index contributed by atoms with van der Waals surface area (Å²) in [5.74, 6) is 0.841. The third-order valence-corrected chi connectivity index (χ3v) is 2.88. The van der Waals surface area contributed by atoms with Crippen LogP contribution < -0.4 is 15.4 Å². The molecule has 0 aliphatic heterocycles. The van der Waals surface area contributed by atoms with Gasteiger partial charge in [-0.05, 0) is 30.7 Å². The minimum Gasteiger partial charge on any atom is -0.494 e. The fraction of sp³-hybridized carbons (Fsp3) is 0.235. The summed E-state index contributed by atoms with van der Waals surface area (Å²) in [5, 5.41) is 5.93. The predicted octanol–water partition coefficient (Wildman–Crippen LogP) is 2.68. The summed E-state index contributed by atoms with van der Waals surface area (Å²) in [6, 6.07) is 19.3. The van der Waals surface area contributed by atoms with Gasteiger partial charge in [-0.25, -0.2) is 0 Å². The van der Waals surface area contributed by atoms with Crippen LogP contribution in [0.4, 0.5) is 5.69 Å². The van der Waals surface area contributed by atoms with Crippen molar-refractivity contribution in [3.63, 3.8) is 0 Å². The van der Waals surface area contributed by atoms with Gasteiger partial charge in [0, 0.05) is 12.2 Å². The molecule has 2 aromatic rings. The molecule has 4 heteroatoms. The molecule has 0 bridgehead atoms. The summed E-state index contributed by atoms with van der Waals surface area (Å²) < 4.78 is 5.55. The molecule has 2 rings (SSSR count). The zero-order valence-electron chi connectivity index (χ0n) is 11.9. The van der Waals surface area contributed by atoms with Crippen molar-refractivity contribution in [2.24, 2.45) is 0 Å². The van der Waals surface area contributed by atoms with Crippen LogP contribution in [0.15, 0.2) is 60.7 Å². The zero-order chi connectivity index (χ0) is 14.8. The first-order chi connectivity index (χ1) is 10.3. The zero-order valence-corrected chi connectivity index (χ0v) is 11.9. The van der Waals surface area contributed by atoms with E-state index >= 15 is 0 Å². The van der Waals surface area contributed by atoms with Crippen LogP contribution in [0.5, 0.6) is 5.75 Å². The van der Waals surface area contributed by atoms with Crippen molar-refractivity contribution in [1.29, 1.82) is 0 Å². The van der Waals surface area contributed by atoms with E-state index in [4.69, 9.17) is 4.74 Å². The maximum absolute atomic E-state index is 11.6. The van der Waals surface area contributed by atoms with Crippen molar-refractivity contribution >= 4 is 11.6 Å². The lowest BCUT2D eigenvalue weighted by Gasteiger charge is -2.08. The van der Waals surface area contributed by atoms with Gasteiger partial charge in [-0.15, -0.1) is 0 Å². The van der Waals surface area contributed by atoms with E-state index in [-0.39, 0.29) is 12.5 Å². The van der Waals surface area contributed by atoms with Gasteiger partial charge in [0.1, 0.15) is 5.75 Å². The van der Waals surface area contributed by atoms with Gasteiger partial charge in [0.25, 0.3) is 0 Å². The summed E-state index contributed by atoms with van der Waals surface area (Å²) in [6.45, 7) is 1.49. The summed E-state index contributed by atoms with van der Waals surface area (Å²) in [4.78, 5) is 11.6. The lowest BCUT2D eigenvalue weighted by molar-refractivity contribution is -0.119. The Morgan fingerprint density at radius 1 is 0.952 bits per heavy atom. The van der Waals surface area contributed by atoms with Crippen LogP contribution in [0.2, 0.25) is 0 Å². The van der Waals surface area contributed by atoms with Crippen LogP contribution in [-0.2, 0) is 4.79 Å². The van der Waals surface area contributed by atoms with E-state index in [1.165, 1.54) is 0 Å². The Kier molecular flexibility index (Phi) is 6.13. The molecular formula is C17H20N2O2. The largest absolute Gasteiger partial charge is 0.494 e. The average molecular weight is 284 g/mol. The highest BCUT2D eigenvalue weighted by Gasteiger charge is 2.00. The number of carbonyl (C=O) groups excluding carboxylic acids is 1. The van der Waals surface area contributed by atoms with Crippen LogP contribution in [-0.4, -0.2) is 25.6 Å². The molecule has 4 nitrogen and oxygen atoms in total. The molecule has 0 saturated heterocycles. The summed E-state index contributed by atoms with van der Waals surface area (Å²) in [7, 11) is 0. The van der Waals surface area contributed by atoms with Crippen molar-refractivity contribution in [2.75, 3.05) is 25.0 Å². The van der Waals surface area contributed by atoms with Gasteiger partial charge >= 0.3 is 0 Å². The van der Waals surface area contributed by atoms with Gasteiger partial charge in [-0.1, -0.05) is 36.4 Å². The minimum atomic E-state index is -0.0152. The molecule has 0 heterocycles.